The van der Waals surface area contributed by atoms with Crippen molar-refractivity contribution in [3.63, 3.8) is 0 Å². The second-order valence-corrected chi connectivity index (χ2v) is 6.05. The van der Waals surface area contributed by atoms with Crippen molar-refractivity contribution in [1.29, 1.82) is 0 Å². The third-order valence-electron chi connectivity index (χ3n) is 4.90. The van der Waals surface area contributed by atoms with E-state index in [9.17, 15) is 9.59 Å². The smallest absolute Gasteiger partial charge is 0.240 e. The Bertz CT molecular complexity index is 826. The van der Waals surface area contributed by atoms with Crippen molar-refractivity contribution in [2.75, 3.05) is 4.90 Å². The second-order valence-electron chi connectivity index (χ2n) is 6.05. The number of hydrogen-bond donors (Lipinski definition) is 0. The van der Waals surface area contributed by atoms with Gasteiger partial charge in [-0.05, 0) is 22.9 Å². The van der Waals surface area contributed by atoms with Gasteiger partial charge in [0.05, 0.1) is 29.7 Å². The maximum Gasteiger partial charge on any atom is 0.240 e. The number of amides is 2. The van der Waals surface area contributed by atoms with Crippen LogP contribution in [0.15, 0.2) is 54.6 Å². The lowest BCUT2D eigenvalue weighted by atomic mass is 9.85. The number of anilines is 1. The fourth-order valence-electron chi connectivity index (χ4n) is 3.87. The van der Waals surface area contributed by atoms with Crippen molar-refractivity contribution in [2.45, 2.75) is 12.2 Å². The van der Waals surface area contributed by atoms with Crippen LogP contribution in [0, 0.1) is 11.8 Å². The molecule has 2 fully saturated rings. The Morgan fingerprint density at radius 2 is 1.45 bits per heavy atom. The van der Waals surface area contributed by atoms with Gasteiger partial charge in [0.1, 0.15) is 0 Å². The zero-order chi connectivity index (χ0) is 14.8. The van der Waals surface area contributed by atoms with Gasteiger partial charge in [0.15, 0.2) is 0 Å². The highest BCUT2D eigenvalue weighted by Gasteiger charge is 2.60. The molecule has 2 bridgehead atoms. The standard InChI is InChI=1S/C18H13NO3/c20-17-15-13-7-8-14(22-13)16(15)18(21)19(17)12-6-5-10-3-1-2-4-11(10)9-12/h1-9,13-16H/t13-,14+,15-,16+. The summed E-state index contributed by atoms with van der Waals surface area (Å²) in [6, 6.07) is 13.6. The van der Waals surface area contributed by atoms with Gasteiger partial charge in [0.25, 0.3) is 0 Å². The van der Waals surface area contributed by atoms with Gasteiger partial charge in [-0.2, -0.15) is 0 Å². The summed E-state index contributed by atoms with van der Waals surface area (Å²) < 4.78 is 5.66. The van der Waals surface area contributed by atoms with Crippen LogP contribution in [0.25, 0.3) is 10.8 Å². The molecule has 0 radical (unpaired) electrons. The van der Waals surface area contributed by atoms with Gasteiger partial charge in [-0.1, -0.05) is 42.5 Å². The predicted octanol–water partition coefficient (Wildman–Crippen LogP) is 2.28. The molecule has 0 unspecified atom stereocenters. The van der Waals surface area contributed by atoms with Crippen LogP contribution in [-0.2, 0) is 14.3 Å². The minimum absolute atomic E-state index is 0.137. The van der Waals surface area contributed by atoms with Crippen LogP contribution in [0.5, 0.6) is 0 Å². The molecule has 2 amide bonds. The lowest BCUT2D eigenvalue weighted by molar-refractivity contribution is -0.124. The normalized spacial score (nSPS) is 32.3. The fraction of sp³-hybridized carbons (Fsp3) is 0.222. The van der Waals surface area contributed by atoms with Crippen LogP contribution in [0.1, 0.15) is 0 Å². The molecule has 22 heavy (non-hydrogen) atoms. The molecule has 4 heteroatoms. The summed E-state index contributed by atoms with van der Waals surface area (Å²) in [5.41, 5.74) is 0.655. The number of carbonyl (C=O) groups excluding carboxylic acids is 2. The Balaban J connectivity index is 1.60. The number of fused-ring (bicyclic) bond motifs is 6. The fourth-order valence-corrected chi connectivity index (χ4v) is 3.87. The quantitative estimate of drug-likeness (QED) is 0.598. The third kappa shape index (κ3) is 1.40. The summed E-state index contributed by atoms with van der Waals surface area (Å²) in [5, 5.41) is 2.12. The van der Waals surface area contributed by atoms with Crippen LogP contribution < -0.4 is 4.90 Å². The Labute approximate surface area is 127 Å². The number of imide groups is 1. The molecule has 3 heterocycles. The first-order valence-electron chi connectivity index (χ1n) is 7.44. The van der Waals surface area contributed by atoms with E-state index in [4.69, 9.17) is 4.74 Å². The number of carbonyl (C=O) groups is 2. The molecule has 2 saturated heterocycles. The molecule has 0 saturated carbocycles. The van der Waals surface area contributed by atoms with Gasteiger partial charge >= 0.3 is 0 Å². The predicted molar refractivity (Wildman–Crippen MR) is 81.2 cm³/mol. The minimum atomic E-state index is -0.353. The molecule has 108 valence electrons. The van der Waals surface area contributed by atoms with Crippen LogP contribution >= 0.6 is 0 Å². The maximum absolute atomic E-state index is 12.7. The summed E-state index contributed by atoms with van der Waals surface area (Å²) in [5.74, 6) is -0.979. The van der Waals surface area contributed by atoms with Crippen LogP contribution in [-0.4, -0.2) is 24.0 Å². The van der Waals surface area contributed by atoms with E-state index in [1.165, 1.54) is 4.90 Å². The van der Waals surface area contributed by atoms with Gasteiger partial charge < -0.3 is 4.74 Å². The SMILES string of the molecule is O=C1[C@@H]2[C@H](C(=O)N1c1ccc3ccccc3c1)[C@H]1C=C[C@@H]2O1. The van der Waals surface area contributed by atoms with E-state index < -0.39 is 0 Å². The van der Waals surface area contributed by atoms with Gasteiger partial charge in [0, 0.05) is 0 Å². The summed E-state index contributed by atoms with van der Waals surface area (Å²) in [6.07, 6.45) is 3.33. The zero-order valence-corrected chi connectivity index (χ0v) is 11.7. The lowest BCUT2D eigenvalue weighted by Crippen LogP contribution is -2.34. The monoisotopic (exact) mass is 291 g/mol. The molecule has 3 aliphatic heterocycles. The molecule has 4 atom stereocenters. The molecule has 5 rings (SSSR count). The van der Waals surface area contributed by atoms with E-state index in [0.717, 1.165) is 10.8 Å². The maximum atomic E-state index is 12.7. The third-order valence-corrected chi connectivity index (χ3v) is 4.90. The number of benzene rings is 2. The Morgan fingerprint density at radius 3 is 2.14 bits per heavy atom. The van der Waals surface area contributed by atoms with Crippen molar-refractivity contribution in [2.24, 2.45) is 11.8 Å². The summed E-state index contributed by atoms with van der Waals surface area (Å²) in [6.45, 7) is 0. The highest BCUT2D eigenvalue weighted by Crippen LogP contribution is 2.46. The second kappa shape index (κ2) is 4.05. The lowest BCUT2D eigenvalue weighted by Gasteiger charge is -2.18. The highest BCUT2D eigenvalue weighted by molar-refractivity contribution is 6.23. The van der Waals surface area contributed by atoms with E-state index in [1.54, 1.807) is 0 Å². The molecule has 2 aromatic rings. The first-order valence-corrected chi connectivity index (χ1v) is 7.44. The molecule has 4 nitrogen and oxygen atoms in total. The Hall–Kier alpha value is -2.46. The molecule has 0 N–H and O–H groups in total. The van der Waals surface area contributed by atoms with Crippen molar-refractivity contribution in [3.8, 4) is 0 Å². The van der Waals surface area contributed by atoms with E-state index >= 15 is 0 Å². The number of hydrogen-bond acceptors (Lipinski definition) is 3. The van der Waals surface area contributed by atoms with Gasteiger partial charge in [-0.15, -0.1) is 0 Å². The van der Waals surface area contributed by atoms with E-state index in [2.05, 4.69) is 0 Å². The Kier molecular flexibility index (Phi) is 2.23. The first kappa shape index (κ1) is 12.1. The molecule has 2 aromatic carbocycles. The van der Waals surface area contributed by atoms with Gasteiger partial charge in [-0.25, -0.2) is 4.90 Å². The molecule has 0 aromatic heterocycles. The summed E-state index contributed by atoms with van der Waals surface area (Å²) in [7, 11) is 0. The highest BCUT2D eigenvalue weighted by atomic mass is 16.5. The molecule has 3 aliphatic rings. The molecule has 0 spiro atoms. The number of rotatable bonds is 1. The average Bonchev–Trinajstić information content (AvgIpc) is 3.21. The van der Waals surface area contributed by atoms with Gasteiger partial charge in [0.2, 0.25) is 11.8 Å². The average molecular weight is 291 g/mol. The number of ether oxygens (including phenoxy) is 1. The van der Waals surface area contributed by atoms with Crippen molar-refractivity contribution < 1.29 is 14.3 Å². The minimum Gasteiger partial charge on any atom is -0.365 e. The Morgan fingerprint density at radius 1 is 0.818 bits per heavy atom. The molecular formula is C18H13NO3. The van der Waals surface area contributed by atoms with Crippen molar-refractivity contribution in [3.05, 3.63) is 54.6 Å². The van der Waals surface area contributed by atoms with Crippen molar-refractivity contribution in [1.82, 2.24) is 0 Å². The van der Waals surface area contributed by atoms with E-state index in [1.807, 2.05) is 54.6 Å². The molecular weight excluding hydrogens is 278 g/mol. The van der Waals surface area contributed by atoms with Crippen molar-refractivity contribution >= 4 is 28.3 Å². The first-order chi connectivity index (χ1) is 10.7. The van der Waals surface area contributed by atoms with Crippen LogP contribution in [0.3, 0.4) is 0 Å². The summed E-state index contributed by atoms with van der Waals surface area (Å²) >= 11 is 0. The van der Waals surface area contributed by atoms with Crippen LogP contribution in [0.2, 0.25) is 0 Å². The van der Waals surface area contributed by atoms with E-state index in [0.29, 0.717) is 5.69 Å². The largest absolute Gasteiger partial charge is 0.365 e. The zero-order valence-electron chi connectivity index (χ0n) is 11.7. The number of nitrogens with zero attached hydrogens (tertiary/aromatic N) is 1. The van der Waals surface area contributed by atoms with E-state index in [-0.39, 0.29) is 35.9 Å². The summed E-state index contributed by atoms with van der Waals surface area (Å²) in [4.78, 5) is 26.8. The topological polar surface area (TPSA) is 46.6 Å². The molecule has 0 aliphatic carbocycles. The van der Waals surface area contributed by atoms with Crippen LogP contribution in [0.4, 0.5) is 5.69 Å². The van der Waals surface area contributed by atoms with Gasteiger partial charge in [-0.3, -0.25) is 9.59 Å².